The molecule has 1 fully saturated rings. The molecule has 0 unspecified atom stereocenters. The number of hydrogen-bond donors (Lipinski definition) is 0. The van der Waals surface area contributed by atoms with Gasteiger partial charge in [0.1, 0.15) is 12.4 Å². The monoisotopic (exact) mass is 322 g/mol. The summed E-state index contributed by atoms with van der Waals surface area (Å²) < 4.78 is 2.93. The predicted molar refractivity (Wildman–Crippen MR) is 90.4 cm³/mol. The number of carbonyl (C=O) groups is 1. The first kappa shape index (κ1) is 17.8. The summed E-state index contributed by atoms with van der Waals surface area (Å²) in [6, 6.07) is 0. The smallest absolute Gasteiger partial charge is 0.344 e. The van der Waals surface area contributed by atoms with Crippen molar-refractivity contribution >= 4 is 5.91 Å². The number of rotatable bonds is 4. The van der Waals surface area contributed by atoms with Crippen LogP contribution in [0.4, 0.5) is 0 Å². The molecule has 1 aromatic heterocycles. The third-order valence-corrected chi connectivity index (χ3v) is 4.66. The molecule has 6 nitrogen and oxygen atoms in total. The van der Waals surface area contributed by atoms with Crippen molar-refractivity contribution in [2.75, 3.05) is 13.6 Å². The molecular formula is C17H30N4O2. The molecular weight excluding hydrogens is 292 g/mol. The van der Waals surface area contributed by atoms with Gasteiger partial charge in [-0.1, -0.05) is 19.3 Å². The van der Waals surface area contributed by atoms with Crippen molar-refractivity contribution in [3.8, 4) is 0 Å². The lowest BCUT2D eigenvalue weighted by atomic mass is 9.89. The Morgan fingerprint density at radius 2 is 1.87 bits per heavy atom. The maximum Gasteiger partial charge on any atom is 0.346 e. The second-order valence-corrected chi connectivity index (χ2v) is 7.78. The normalized spacial score (nSPS) is 16.6. The lowest BCUT2D eigenvalue weighted by molar-refractivity contribution is -0.131. The van der Waals surface area contributed by atoms with Gasteiger partial charge in [0.2, 0.25) is 5.91 Å². The van der Waals surface area contributed by atoms with Crippen LogP contribution in [0.3, 0.4) is 0 Å². The Morgan fingerprint density at radius 1 is 1.26 bits per heavy atom. The first-order chi connectivity index (χ1) is 10.7. The summed E-state index contributed by atoms with van der Waals surface area (Å²) >= 11 is 0. The highest BCUT2D eigenvalue weighted by Gasteiger charge is 2.23. The average molecular weight is 322 g/mol. The average Bonchev–Trinajstić information content (AvgIpc) is 2.76. The lowest BCUT2D eigenvalue weighted by Gasteiger charge is -2.27. The molecule has 0 saturated heterocycles. The Kier molecular flexibility index (Phi) is 5.32. The number of aryl methyl sites for hydroxylation is 1. The van der Waals surface area contributed by atoms with Crippen LogP contribution in [0.25, 0.3) is 0 Å². The fraction of sp³-hybridized carbons (Fsp3) is 0.824. The largest absolute Gasteiger partial charge is 0.346 e. The van der Waals surface area contributed by atoms with Gasteiger partial charge < -0.3 is 4.90 Å². The highest BCUT2D eigenvalue weighted by molar-refractivity contribution is 5.75. The minimum absolute atomic E-state index is 0.0192. The van der Waals surface area contributed by atoms with Crippen molar-refractivity contribution < 1.29 is 4.79 Å². The van der Waals surface area contributed by atoms with Gasteiger partial charge in [-0.15, -0.1) is 0 Å². The number of carbonyl (C=O) groups excluding carboxylic acids is 1. The molecule has 1 amide bonds. The summed E-state index contributed by atoms with van der Waals surface area (Å²) in [4.78, 5) is 26.7. The van der Waals surface area contributed by atoms with Crippen LogP contribution >= 0.6 is 0 Å². The Morgan fingerprint density at radius 3 is 2.39 bits per heavy atom. The van der Waals surface area contributed by atoms with Crippen LogP contribution in [0.2, 0.25) is 0 Å². The topological polar surface area (TPSA) is 60.1 Å². The number of likely N-dealkylation sites (N-methyl/N-ethyl adjacent to an activating group) is 1. The van der Waals surface area contributed by atoms with E-state index < -0.39 is 0 Å². The molecule has 0 radical (unpaired) electrons. The van der Waals surface area contributed by atoms with Gasteiger partial charge in [0, 0.05) is 13.6 Å². The van der Waals surface area contributed by atoms with Crippen LogP contribution < -0.4 is 5.69 Å². The first-order valence-electron chi connectivity index (χ1n) is 8.61. The fourth-order valence-corrected chi connectivity index (χ4v) is 3.23. The molecule has 1 aliphatic rings. The van der Waals surface area contributed by atoms with E-state index in [2.05, 4.69) is 5.10 Å². The van der Waals surface area contributed by atoms with E-state index in [1.807, 2.05) is 27.8 Å². The van der Waals surface area contributed by atoms with E-state index in [0.717, 1.165) is 6.54 Å². The Balaban J connectivity index is 2.05. The van der Waals surface area contributed by atoms with Crippen molar-refractivity contribution in [2.24, 2.45) is 5.92 Å². The van der Waals surface area contributed by atoms with Crippen LogP contribution in [0.15, 0.2) is 4.79 Å². The molecule has 6 heteroatoms. The van der Waals surface area contributed by atoms with E-state index in [1.165, 1.54) is 41.4 Å². The zero-order valence-corrected chi connectivity index (χ0v) is 15.1. The van der Waals surface area contributed by atoms with Gasteiger partial charge in [-0.25, -0.2) is 9.48 Å². The van der Waals surface area contributed by atoms with Gasteiger partial charge in [-0.2, -0.15) is 5.10 Å². The molecule has 0 aromatic carbocycles. The quantitative estimate of drug-likeness (QED) is 0.853. The minimum Gasteiger partial charge on any atom is -0.344 e. The summed E-state index contributed by atoms with van der Waals surface area (Å²) in [6.07, 6.45) is 6.26. The van der Waals surface area contributed by atoms with Crippen LogP contribution in [0.5, 0.6) is 0 Å². The molecule has 1 saturated carbocycles. The minimum atomic E-state index is -0.385. The maximum atomic E-state index is 12.5. The zero-order valence-electron chi connectivity index (χ0n) is 15.1. The second-order valence-electron chi connectivity index (χ2n) is 7.78. The molecule has 1 aliphatic carbocycles. The van der Waals surface area contributed by atoms with E-state index in [-0.39, 0.29) is 23.7 Å². The number of aromatic nitrogens is 3. The van der Waals surface area contributed by atoms with Crippen molar-refractivity contribution in [2.45, 2.75) is 71.9 Å². The van der Waals surface area contributed by atoms with E-state index in [0.29, 0.717) is 11.7 Å². The van der Waals surface area contributed by atoms with Crippen molar-refractivity contribution in [1.82, 2.24) is 19.2 Å². The van der Waals surface area contributed by atoms with Crippen LogP contribution in [0, 0.1) is 12.8 Å². The summed E-state index contributed by atoms with van der Waals surface area (Å²) in [7, 11) is 1.84. The molecule has 1 heterocycles. The summed E-state index contributed by atoms with van der Waals surface area (Å²) in [6.45, 7) is 8.44. The van der Waals surface area contributed by atoms with Gasteiger partial charge in [0.05, 0.1) is 5.54 Å². The number of hydrogen-bond acceptors (Lipinski definition) is 3. The lowest BCUT2D eigenvalue weighted by Crippen LogP contribution is -2.40. The molecule has 0 spiro atoms. The highest BCUT2D eigenvalue weighted by Crippen LogP contribution is 2.24. The molecule has 23 heavy (non-hydrogen) atoms. The van der Waals surface area contributed by atoms with Gasteiger partial charge in [0.15, 0.2) is 0 Å². The van der Waals surface area contributed by atoms with Crippen LogP contribution in [0.1, 0.15) is 58.7 Å². The molecule has 0 bridgehead atoms. The van der Waals surface area contributed by atoms with E-state index >= 15 is 0 Å². The summed E-state index contributed by atoms with van der Waals surface area (Å²) in [5.74, 6) is 1.17. The van der Waals surface area contributed by atoms with Crippen LogP contribution in [-0.2, 0) is 16.9 Å². The number of nitrogens with zero attached hydrogens (tertiary/aromatic N) is 4. The molecule has 130 valence electrons. The molecule has 0 aliphatic heterocycles. The number of amides is 1. The van der Waals surface area contributed by atoms with Crippen LogP contribution in [-0.4, -0.2) is 38.7 Å². The summed E-state index contributed by atoms with van der Waals surface area (Å²) in [5, 5.41) is 4.31. The Labute approximate surface area is 138 Å². The fourth-order valence-electron chi connectivity index (χ4n) is 3.23. The van der Waals surface area contributed by atoms with Crippen molar-refractivity contribution in [3.05, 3.63) is 16.3 Å². The SMILES string of the molecule is Cc1nn(C(C)(C)C)c(=O)n1CC(=O)N(C)CC1CCCCC1. The van der Waals surface area contributed by atoms with E-state index in [9.17, 15) is 9.59 Å². The molecule has 0 atom stereocenters. The second kappa shape index (κ2) is 6.89. The standard InChI is InChI=1S/C17H30N4O2/c1-13-18-21(17(2,3)4)16(23)20(13)12-15(22)19(5)11-14-9-7-6-8-10-14/h14H,6-12H2,1-5H3. The van der Waals surface area contributed by atoms with Gasteiger partial charge in [0.25, 0.3) is 0 Å². The maximum absolute atomic E-state index is 12.5. The molecule has 0 N–H and O–H groups in total. The Bertz CT molecular complexity index is 603. The van der Waals surface area contributed by atoms with Gasteiger partial charge in [-0.3, -0.25) is 9.36 Å². The van der Waals surface area contributed by atoms with Crippen molar-refractivity contribution in [3.63, 3.8) is 0 Å². The zero-order chi connectivity index (χ0) is 17.2. The van der Waals surface area contributed by atoms with Crippen molar-refractivity contribution in [1.29, 1.82) is 0 Å². The third kappa shape index (κ3) is 4.24. The molecule has 1 aromatic rings. The predicted octanol–water partition coefficient (Wildman–Crippen LogP) is 2.15. The van der Waals surface area contributed by atoms with Gasteiger partial charge >= 0.3 is 5.69 Å². The van der Waals surface area contributed by atoms with E-state index in [1.54, 1.807) is 11.8 Å². The first-order valence-corrected chi connectivity index (χ1v) is 8.61. The Hall–Kier alpha value is -1.59. The van der Waals surface area contributed by atoms with Gasteiger partial charge in [-0.05, 0) is 46.5 Å². The van der Waals surface area contributed by atoms with E-state index in [4.69, 9.17) is 0 Å². The third-order valence-electron chi connectivity index (χ3n) is 4.66. The summed E-state index contributed by atoms with van der Waals surface area (Å²) in [5.41, 5.74) is -0.598. The highest BCUT2D eigenvalue weighted by atomic mass is 16.2. The molecule has 2 rings (SSSR count).